The maximum atomic E-state index is 12.7. The quantitative estimate of drug-likeness (QED) is 0.658. The van der Waals surface area contributed by atoms with E-state index in [9.17, 15) is 4.79 Å². The average Bonchev–Trinajstić information content (AvgIpc) is 3.18. The molecule has 138 valence electrons. The monoisotopic (exact) mass is 383 g/mol. The predicted octanol–water partition coefficient (Wildman–Crippen LogP) is 4.64. The Morgan fingerprint density at radius 2 is 1.74 bits per heavy atom. The van der Waals surface area contributed by atoms with Gasteiger partial charge in [0, 0.05) is 24.2 Å². The highest BCUT2D eigenvalue weighted by atomic mass is 35.5. The first-order valence-corrected chi connectivity index (χ1v) is 8.98. The van der Waals surface area contributed by atoms with Crippen molar-refractivity contribution < 1.29 is 18.7 Å². The van der Waals surface area contributed by atoms with E-state index in [1.807, 2.05) is 30.3 Å². The predicted molar refractivity (Wildman–Crippen MR) is 102 cm³/mol. The zero-order valence-electron chi connectivity index (χ0n) is 14.8. The molecular weight excluding hydrogens is 366 g/mol. The van der Waals surface area contributed by atoms with E-state index in [0.717, 1.165) is 16.9 Å². The van der Waals surface area contributed by atoms with Crippen LogP contribution in [-0.2, 0) is 6.54 Å². The number of hydrogen-bond acceptors (Lipinski definition) is 4. The SMILES string of the molecule is CN(Cc1ccc2c(c1)OCCO2)C(=O)c1ccc(-c2ccc(Cl)cc2)o1. The molecule has 1 aliphatic heterocycles. The maximum absolute atomic E-state index is 12.7. The highest BCUT2D eigenvalue weighted by Crippen LogP contribution is 2.31. The van der Waals surface area contributed by atoms with Gasteiger partial charge in [-0.3, -0.25) is 4.79 Å². The first kappa shape index (κ1) is 17.5. The van der Waals surface area contributed by atoms with Gasteiger partial charge >= 0.3 is 0 Å². The Morgan fingerprint density at radius 3 is 2.52 bits per heavy atom. The molecule has 5 nitrogen and oxygen atoms in total. The molecule has 0 saturated heterocycles. The molecule has 0 bridgehead atoms. The smallest absolute Gasteiger partial charge is 0.289 e. The van der Waals surface area contributed by atoms with E-state index in [0.29, 0.717) is 42.1 Å². The normalized spacial score (nSPS) is 12.7. The topological polar surface area (TPSA) is 51.9 Å². The molecule has 3 aromatic rings. The summed E-state index contributed by atoms with van der Waals surface area (Å²) in [5, 5.41) is 0.653. The minimum absolute atomic E-state index is 0.190. The van der Waals surface area contributed by atoms with Crippen molar-refractivity contribution in [1.29, 1.82) is 0 Å². The van der Waals surface area contributed by atoms with Crippen molar-refractivity contribution in [3.63, 3.8) is 0 Å². The fraction of sp³-hybridized carbons (Fsp3) is 0.190. The molecule has 0 radical (unpaired) electrons. The van der Waals surface area contributed by atoms with Crippen molar-refractivity contribution in [2.24, 2.45) is 0 Å². The number of nitrogens with zero attached hydrogens (tertiary/aromatic N) is 1. The van der Waals surface area contributed by atoms with E-state index in [4.69, 9.17) is 25.5 Å². The fourth-order valence-corrected chi connectivity index (χ4v) is 3.07. The number of carbonyl (C=O) groups is 1. The Hall–Kier alpha value is -2.92. The molecule has 6 heteroatoms. The van der Waals surface area contributed by atoms with Gasteiger partial charge in [-0.1, -0.05) is 17.7 Å². The van der Waals surface area contributed by atoms with Gasteiger partial charge in [0.15, 0.2) is 17.3 Å². The van der Waals surface area contributed by atoms with E-state index in [1.165, 1.54) is 0 Å². The van der Waals surface area contributed by atoms with Crippen LogP contribution in [0.3, 0.4) is 0 Å². The van der Waals surface area contributed by atoms with Crippen LogP contribution in [0.4, 0.5) is 0 Å². The summed E-state index contributed by atoms with van der Waals surface area (Å²) in [5.41, 5.74) is 1.83. The second kappa shape index (κ2) is 7.37. The van der Waals surface area contributed by atoms with Crippen LogP contribution in [0.15, 0.2) is 59.0 Å². The van der Waals surface area contributed by atoms with Gasteiger partial charge in [0.25, 0.3) is 5.91 Å². The number of ether oxygens (including phenoxy) is 2. The molecule has 2 heterocycles. The number of amides is 1. The molecule has 0 spiro atoms. The zero-order valence-corrected chi connectivity index (χ0v) is 15.5. The Balaban J connectivity index is 1.47. The van der Waals surface area contributed by atoms with E-state index in [-0.39, 0.29) is 5.91 Å². The Morgan fingerprint density at radius 1 is 1.00 bits per heavy atom. The number of furan rings is 1. The molecule has 4 rings (SSSR count). The summed E-state index contributed by atoms with van der Waals surface area (Å²) in [6.07, 6.45) is 0. The van der Waals surface area contributed by atoms with Gasteiger partial charge in [0.2, 0.25) is 0 Å². The lowest BCUT2D eigenvalue weighted by Crippen LogP contribution is -2.26. The standard InChI is InChI=1S/C21H18ClNO4/c1-23(13-14-2-7-18-20(12-14)26-11-10-25-18)21(24)19-9-8-17(27-19)15-3-5-16(22)6-4-15/h2-9,12H,10-11,13H2,1H3. The summed E-state index contributed by atoms with van der Waals surface area (Å²) in [6.45, 7) is 1.52. The van der Waals surface area contributed by atoms with Crippen molar-refractivity contribution in [3.05, 3.63) is 70.9 Å². The molecule has 1 amide bonds. The fourth-order valence-electron chi connectivity index (χ4n) is 2.94. The van der Waals surface area contributed by atoms with Crippen molar-refractivity contribution in [3.8, 4) is 22.8 Å². The van der Waals surface area contributed by atoms with Gasteiger partial charge in [0.05, 0.1) is 0 Å². The van der Waals surface area contributed by atoms with Crippen LogP contribution in [0.5, 0.6) is 11.5 Å². The van der Waals surface area contributed by atoms with Gasteiger partial charge in [-0.25, -0.2) is 0 Å². The van der Waals surface area contributed by atoms with Crippen LogP contribution in [0.2, 0.25) is 5.02 Å². The summed E-state index contributed by atoms with van der Waals surface area (Å²) in [6, 6.07) is 16.5. The summed E-state index contributed by atoms with van der Waals surface area (Å²) in [7, 11) is 1.74. The molecule has 1 aromatic heterocycles. The molecule has 0 aliphatic carbocycles. The summed E-state index contributed by atoms with van der Waals surface area (Å²) in [5.74, 6) is 2.17. The van der Waals surface area contributed by atoms with Crippen LogP contribution < -0.4 is 9.47 Å². The molecular formula is C21H18ClNO4. The zero-order chi connectivity index (χ0) is 18.8. The number of halogens is 1. The summed E-state index contributed by atoms with van der Waals surface area (Å²) in [4.78, 5) is 14.3. The molecule has 0 saturated carbocycles. The van der Waals surface area contributed by atoms with Gasteiger partial charge in [-0.05, 0) is 54.1 Å². The van der Waals surface area contributed by atoms with Gasteiger partial charge in [-0.2, -0.15) is 0 Å². The van der Waals surface area contributed by atoms with Crippen molar-refractivity contribution in [2.45, 2.75) is 6.54 Å². The van der Waals surface area contributed by atoms with Crippen LogP contribution in [0, 0.1) is 0 Å². The molecule has 27 heavy (non-hydrogen) atoms. The third kappa shape index (κ3) is 3.78. The number of rotatable bonds is 4. The van der Waals surface area contributed by atoms with Crippen molar-refractivity contribution in [1.82, 2.24) is 4.90 Å². The molecule has 0 atom stereocenters. The molecule has 1 aliphatic rings. The lowest BCUT2D eigenvalue weighted by molar-refractivity contribution is 0.0754. The Kier molecular flexibility index (Phi) is 4.77. The van der Waals surface area contributed by atoms with E-state index < -0.39 is 0 Å². The highest BCUT2D eigenvalue weighted by molar-refractivity contribution is 6.30. The number of carbonyl (C=O) groups excluding carboxylic acids is 1. The first-order valence-electron chi connectivity index (χ1n) is 8.60. The summed E-state index contributed by atoms with van der Waals surface area (Å²) < 4.78 is 16.9. The van der Waals surface area contributed by atoms with E-state index in [1.54, 1.807) is 36.2 Å². The van der Waals surface area contributed by atoms with Gasteiger partial charge in [0.1, 0.15) is 19.0 Å². The minimum atomic E-state index is -0.190. The third-order valence-electron chi connectivity index (χ3n) is 4.32. The molecule has 0 N–H and O–H groups in total. The number of hydrogen-bond donors (Lipinski definition) is 0. The Labute approximate surface area is 162 Å². The van der Waals surface area contributed by atoms with Crippen LogP contribution in [0.25, 0.3) is 11.3 Å². The first-order chi connectivity index (χ1) is 13.1. The third-order valence-corrected chi connectivity index (χ3v) is 4.57. The van der Waals surface area contributed by atoms with E-state index >= 15 is 0 Å². The van der Waals surface area contributed by atoms with Gasteiger partial charge < -0.3 is 18.8 Å². The lowest BCUT2D eigenvalue weighted by atomic mass is 10.2. The van der Waals surface area contributed by atoms with Crippen molar-refractivity contribution >= 4 is 17.5 Å². The second-order valence-corrected chi connectivity index (χ2v) is 6.75. The second-order valence-electron chi connectivity index (χ2n) is 6.31. The van der Waals surface area contributed by atoms with Gasteiger partial charge in [-0.15, -0.1) is 0 Å². The highest BCUT2D eigenvalue weighted by Gasteiger charge is 2.18. The molecule has 0 unspecified atom stereocenters. The average molecular weight is 384 g/mol. The minimum Gasteiger partial charge on any atom is -0.486 e. The van der Waals surface area contributed by atoms with Crippen LogP contribution >= 0.6 is 11.6 Å². The summed E-state index contributed by atoms with van der Waals surface area (Å²) >= 11 is 5.91. The molecule has 0 fully saturated rings. The van der Waals surface area contributed by atoms with Crippen LogP contribution in [0.1, 0.15) is 16.1 Å². The number of benzene rings is 2. The van der Waals surface area contributed by atoms with Crippen LogP contribution in [-0.4, -0.2) is 31.1 Å². The number of fused-ring (bicyclic) bond motifs is 1. The van der Waals surface area contributed by atoms with E-state index in [2.05, 4.69) is 0 Å². The maximum Gasteiger partial charge on any atom is 0.289 e. The lowest BCUT2D eigenvalue weighted by Gasteiger charge is -2.20. The Bertz CT molecular complexity index is 965. The molecule has 2 aromatic carbocycles. The largest absolute Gasteiger partial charge is 0.486 e. The van der Waals surface area contributed by atoms with Crippen molar-refractivity contribution in [2.75, 3.05) is 20.3 Å².